The Morgan fingerprint density at radius 1 is 1.64 bits per heavy atom. The zero-order valence-corrected chi connectivity index (χ0v) is 8.63. The number of rotatable bonds is 2. The van der Waals surface area contributed by atoms with Crippen LogP contribution in [0.5, 0.6) is 0 Å². The highest BCUT2D eigenvalue weighted by Gasteiger charge is 2.19. The molecule has 0 saturated carbocycles. The van der Waals surface area contributed by atoms with Crippen LogP contribution in [-0.2, 0) is 4.74 Å². The van der Waals surface area contributed by atoms with Crippen LogP contribution in [0.15, 0.2) is 11.8 Å². The molecule has 0 bridgehead atoms. The van der Waals surface area contributed by atoms with Crippen LogP contribution in [0.4, 0.5) is 0 Å². The number of ketones is 1. The summed E-state index contributed by atoms with van der Waals surface area (Å²) in [4.78, 5) is 12.5. The summed E-state index contributed by atoms with van der Waals surface area (Å²) in [5.41, 5.74) is 1.43. The summed E-state index contributed by atoms with van der Waals surface area (Å²) in [5, 5.41) is 3.81. The average Bonchev–Trinajstić information content (AvgIpc) is 2.65. The molecule has 1 aliphatic rings. The number of hydrogen-bond donors (Lipinski definition) is 0. The van der Waals surface area contributed by atoms with Crippen molar-refractivity contribution >= 4 is 17.3 Å². The fourth-order valence-electron chi connectivity index (χ4n) is 1.32. The van der Waals surface area contributed by atoms with E-state index in [4.69, 9.17) is 4.74 Å². The summed E-state index contributed by atoms with van der Waals surface area (Å²) in [6, 6.07) is 0. The van der Waals surface area contributed by atoms with Gasteiger partial charge in [-0.2, -0.15) is 0 Å². The summed E-state index contributed by atoms with van der Waals surface area (Å²) in [6.45, 7) is 2.50. The maximum absolute atomic E-state index is 11.9. The molecule has 0 amide bonds. The molecule has 74 valence electrons. The third-order valence-corrected chi connectivity index (χ3v) is 2.91. The number of carbonyl (C=O) groups is 1. The molecule has 2 rings (SSSR count). The molecule has 0 radical (unpaired) electrons. The SMILES string of the molecule is Cc1nnsc1C(=O)C1=COCCC1. The van der Waals surface area contributed by atoms with Crippen molar-refractivity contribution < 1.29 is 9.53 Å². The van der Waals surface area contributed by atoms with Crippen molar-refractivity contribution in [2.75, 3.05) is 6.61 Å². The Morgan fingerprint density at radius 3 is 3.07 bits per heavy atom. The molecule has 14 heavy (non-hydrogen) atoms. The van der Waals surface area contributed by atoms with Crippen molar-refractivity contribution in [1.82, 2.24) is 9.59 Å². The topological polar surface area (TPSA) is 52.1 Å². The lowest BCUT2D eigenvalue weighted by Crippen LogP contribution is -2.09. The lowest BCUT2D eigenvalue weighted by atomic mass is 10.0. The van der Waals surface area contributed by atoms with Gasteiger partial charge in [-0.25, -0.2) is 0 Å². The number of hydrogen-bond acceptors (Lipinski definition) is 5. The zero-order valence-electron chi connectivity index (χ0n) is 7.82. The maximum atomic E-state index is 11.9. The molecule has 0 saturated heterocycles. The Bertz CT molecular complexity index is 384. The normalized spacial score (nSPS) is 15.9. The average molecular weight is 210 g/mol. The summed E-state index contributed by atoms with van der Waals surface area (Å²) in [6.07, 6.45) is 3.25. The first-order valence-electron chi connectivity index (χ1n) is 4.43. The van der Waals surface area contributed by atoms with E-state index in [-0.39, 0.29) is 5.78 Å². The van der Waals surface area contributed by atoms with E-state index in [1.165, 1.54) is 0 Å². The number of carbonyl (C=O) groups excluding carboxylic acids is 1. The number of aryl methyl sites for hydroxylation is 1. The minimum absolute atomic E-state index is 0.0113. The summed E-state index contributed by atoms with van der Waals surface area (Å²) >= 11 is 1.14. The molecular weight excluding hydrogens is 200 g/mol. The van der Waals surface area contributed by atoms with E-state index >= 15 is 0 Å². The molecule has 0 fully saturated rings. The van der Waals surface area contributed by atoms with Gasteiger partial charge in [-0.05, 0) is 31.3 Å². The van der Waals surface area contributed by atoms with Gasteiger partial charge in [0.15, 0.2) is 0 Å². The van der Waals surface area contributed by atoms with Crippen molar-refractivity contribution in [1.29, 1.82) is 0 Å². The van der Waals surface area contributed by atoms with Crippen LogP contribution in [-0.4, -0.2) is 22.0 Å². The van der Waals surface area contributed by atoms with E-state index in [2.05, 4.69) is 9.59 Å². The lowest BCUT2D eigenvalue weighted by Gasteiger charge is -2.11. The van der Waals surface area contributed by atoms with Crippen LogP contribution in [0.1, 0.15) is 28.2 Å². The predicted octanol–water partition coefficient (Wildman–Crippen LogP) is 1.72. The molecule has 0 aliphatic carbocycles. The molecule has 2 heterocycles. The Labute approximate surface area is 85.8 Å². The molecule has 0 N–H and O–H groups in total. The van der Waals surface area contributed by atoms with Crippen LogP contribution >= 0.6 is 11.5 Å². The number of Topliss-reactive ketones (excluding diaryl/α,β-unsaturated/α-hetero) is 1. The number of aromatic nitrogens is 2. The van der Waals surface area contributed by atoms with Crippen LogP contribution in [0.2, 0.25) is 0 Å². The van der Waals surface area contributed by atoms with E-state index in [9.17, 15) is 4.79 Å². The molecular formula is C9H10N2O2S. The minimum atomic E-state index is 0.0113. The van der Waals surface area contributed by atoms with Crippen LogP contribution < -0.4 is 0 Å². The Hall–Kier alpha value is -1.23. The summed E-state index contributed by atoms with van der Waals surface area (Å²) < 4.78 is 8.86. The second kappa shape index (κ2) is 3.88. The van der Waals surface area contributed by atoms with Gasteiger partial charge in [-0.3, -0.25) is 4.79 Å². The van der Waals surface area contributed by atoms with Gasteiger partial charge in [-0.1, -0.05) is 4.49 Å². The highest BCUT2D eigenvalue weighted by molar-refractivity contribution is 7.08. The van der Waals surface area contributed by atoms with Crippen molar-refractivity contribution in [3.8, 4) is 0 Å². The molecule has 0 atom stereocenters. The molecule has 1 aromatic rings. The summed E-state index contributed by atoms with van der Waals surface area (Å²) in [7, 11) is 0. The molecule has 0 unspecified atom stereocenters. The van der Waals surface area contributed by atoms with Crippen molar-refractivity contribution in [2.24, 2.45) is 0 Å². The number of allylic oxidation sites excluding steroid dienone is 1. The third-order valence-electron chi connectivity index (χ3n) is 2.08. The molecule has 1 aliphatic heterocycles. The molecule has 0 aromatic carbocycles. The zero-order chi connectivity index (χ0) is 9.97. The van der Waals surface area contributed by atoms with Crippen LogP contribution in [0.25, 0.3) is 0 Å². The van der Waals surface area contributed by atoms with Gasteiger partial charge in [0.2, 0.25) is 5.78 Å². The first-order valence-corrected chi connectivity index (χ1v) is 5.20. The fraction of sp³-hybridized carbons (Fsp3) is 0.444. The van der Waals surface area contributed by atoms with Gasteiger partial charge in [-0.15, -0.1) is 5.10 Å². The standard InChI is InChI=1S/C9H10N2O2S/c1-6-9(14-11-10-6)8(12)7-3-2-4-13-5-7/h5H,2-4H2,1H3. The number of ether oxygens (including phenoxy) is 1. The maximum Gasteiger partial charge on any atom is 0.205 e. The Balaban J connectivity index is 2.23. The Kier molecular flexibility index (Phi) is 2.58. The third kappa shape index (κ3) is 1.68. The molecule has 5 heteroatoms. The van der Waals surface area contributed by atoms with Gasteiger partial charge < -0.3 is 4.74 Å². The number of nitrogens with zero attached hydrogens (tertiary/aromatic N) is 2. The second-order valence-electron chi connectivity index (χ2n) is 3.13. The highest BCUT2D eigenvalue weighted by Crippen LogP contribution is 2.20. The highest BCUT2D eigenvalue weighted by atomic mass is 32.1. The van der Waals surface area contributed by atoms with Crippen molar-refractivity contribution in [3.05, 3.63) is 22.4 Å². The smallest absolute Gasteiger partial charge is 0.205 e. The fourth-order valence-corrected chi connectivity index (χ4v) is 1.95. The van der Waals surface area contributed by atoms with Gasteiger partial charge in [0.05, 0.1) is 18.6 Å². The summed E-state index contributed by atoms with van der Waals surface area (Å²) in [5.74, 6) is 0.0113. The second-order valence-corrected chi connectivity index (χ2v) is 3.89. The van der Waals surface area contributed by atoms with E-state index in [0.717, 1.165) is 29.9 Å². The monoisotopic (exact) mass is 210 g/mol. The van der Waals surface area contributed by atoms with E-state index < -0.39 is 0 Å². The van der Waals surface area contributed by atoms with Gasteiger partial charge in [0.1, 0.15) is 4.88 Å². The van der Waals surface area contributed by atoms with Gasteiger partial charge >= 0.3 is 0 Å². The first kappa shape index (κ1) is 9.33. The molecule has 0 spiro atoms. The predicted molar refractivity (Wildman–Crippen MR) is 52.2 cm³/mol. The van der Waals surface area contributed by atoms with Gasteiger partial charge in [0, 0.05) is 5.57 Å². The Morgan fingerprint density at radius 2 is 2.50 bits per heavy atom. The molecule has 4 nitrogen and oxygen atoms in total. The van der Waals surface area contributed by atoms with E-state index in [1.807, 2.05) is 0 Å². The van der Waals surface area contributed by atoms with Crippen molar-refractivity contribution in [3.63, 3.8) is 0 Å². The van der Waals surface area contributed by atoms with Crippen LogP contribution in [0.3, 0.4) is 0 Å². The van der Waals surface area contributed by atoms with Crippen LogP contribution in [0, 0.1) is 6.92 Å². The van der Waals surface area contributed by atoms with Gasteiger partial charge in [0.25, 0.3) is 0 Å². The lowest BCUT2D eigenvalue weighted by molar-refractivity contribution is 0.101. The largest absolute Gasteiger partial charge is 0.501 e. The van der Waals surface area contributed by atoms with E-state index in [1.54, 1.807) is 13.2 Å². The minimum Gasteiger partial charge on any atom is -0.501 e. The first-order chi connectivity index (χ1) is 6.79. The quantitative estimate of drug-likeness (QED) is 0.697. The molecule has 1 aromatic heterocycles. The van der Waals surface area contributed by atoms with E-state index in [0.29, 0.717) is 17.2 Å². The van der Waals surface area contributed by atoms with Crippen molar-refractivity contribution in [2.45, 2.75) is 19.8 Å².